The molecule has 2 rings (SSSR count). The number of rotatable bonds is 0. The molecule has 2 aromatic rings. The van der Waals surface area contributed by atoms with Crippen LogP contribution in [-0.2, 0) is 0 Å². The summed E-state index contributed by atoms with van der Waals surface area (Å²) in [4.78, 5) is 0. The maximum atomic E-state index is 9.22. The lowest BCUT2D eigenvalue weighted by Crippen LogP contribution is -1.75. The standard InChI is InChI=1S/C12H8O.C3H8/c1-2-9-3-4-11-8-12(13)6-5-10(11)7-9;1-3-2/h1,3-8,13H;3H2,1-2H3. The van der Waals surface area contributed by atoms with Gasteiger partial charge in [0.1, 0.15) is 5.75 Å². The highest BCUT2D eigenvalue weighted by Crippen LogP contribution is 2.20. The van der Waals surface area contributed by atoms with Crippen molar-refractivity contribution in [3.63, 3.8) is 0 Å². The summed E-state index contributed by atoms with van der Waals surface area (Å²) in [6, 6.07) is 10.9. The van der Waals surface area contributed by atoms with Crippen LogP contribution >= 0.6 is 0 Å². The molecular weight excluding hydrogens is 196 g/mol. The minimum absolute atomic E-state index is 0.279. The number of hydrogen-bond donors (Lipinski definition) is 1. The summed E-state index contributed by atoms with van der Waals surface area (Å²) in [7, 11) is 0. The number of terminal acetylenes is 1. The molecule has 0 radical (unpaired) electrons. The van der Waals surface area contributed by atoms with Crippen molar-refractivity contribution in [3.05, 3.63) is 42.0 Å². The van der Waals surface area contributed by atoms with Crippen LogP contribution in [0.25, 0.3) is 10.8 Å². The molecule has 0 spiro atoms. The van der Waals surface area contributed by atoms with E-state index in [1.807, 2.05) is 24.3 Å². The fourth-order valence-corrected chi connectivity index (χ4v) is 1.32. The number of phenols is 1. The van der Waals surface area contributed by atoms with Gasteiger partial charge < -0.3 is 5.11 Å². The molecule has 0 saturated carbocycles. The largest absolute Gasteiger partial charge is 0.508 e. The summed E-state index contributed by atoms with van der Waals surface area (Å²) in [5, 5.41) is 11.3. The quantitative estimate of drug-likeness (QED) is 0.656. The fraction of sp³-hybridized carbons (Fsp3) is 0.200. The Morgan fingerprint density at radius 1 is 1.06 bits per heavy atom. The highest BCUT2D eigenvalue weighted by atomic mass is 16.3. The molecule has 0 aliphatic carbocycles. The van der Waals surface area contributed by atoms with Crippen LogP contribution in [-0.4, -0.2) is 5.11 Å². The van der Waals surface area contributed by atoms with Gasteiger partial charge in [-0.05, 0) is 35.0 Å². The second-order valence-corrected chi connectivity index (χ2v) is 3.60. The Morgan fingerprint density at radius 3 is 2.25 bits per heavy atom. The molecule has 0 unspecified atom stereocenters. The topological polar surface area (TPSA) is 20.2 Å². The third-order valence-corrected chi connectivity index (χ3v) is 1.99. The van der Waals surface area contributed by atoms with Crippen molar-refractivity contribution < 1.29 is 5.11 Å². The molecule has 1 heteroatoms. The van der Waals surface area contributed by atoms with E-state index in [0.717, 1.165) is 16.3 Å². The molecule has 1 nitrogen and oxygen atoms in total. The molecule has 0 aliphatic heterocycles. The van der Waals surface area contributed by atoms with Gasteiger partial charge in [0.15, 0.2) is 0 Å². The summed E-state index contributed by atoms with van der Waals surface area (Å²) in [6.07, 6.45) is 6.52. The third-order valence-electron chi connectivity index (χ3n) is 1.99. The average molecular weight is 212 g/mol. The van der Waals surface area contributed by atoms with E-state index in [1.54, 1.807) is 12.1 Å². The molecule has 0 atom stereocenters. The molecule has 2 aromatic carbocycles. The Kier molecular flexibility index (Phi) is 4.42. The Morgan fingerprint density at radius 2 is 1.62 bits per heavy atom. The summed E-state index contributed by atoms with van der Waals surface area (Å²) >= 11 is 0. The minimum atomic E-state index is 0.279. The zero-order chi connectivity index (χ0) is 12.0. The predicted octanol–water partition coefficient (Wildman–Crippen LogP) is 3.94. The molecule has 0 aliphatic rings. The van der Waals surface area contributed by atoms with Gasteiger partial charge in [-0.15, -0.1) is 6.42 Å². The number of hydrogen-bond acceptors (Lipinski definition) is 1. The van der Waals surface area contributed by atoms with Gasteiger partial charge in [-0.25, -0.2) is 0 Å². The monoisotopic (exact) mass is 212 g/mol. The van der Waals surface area contributed by atoms with Gasteiger partial charge in [0.2, 0.25) is 0 Å². The molecular formula is C15H16O. The maximum absolute atomic E-state index is 9.22. The van der Waals surface area contributed by atoms with E-state index in [9.17, 15) is 5.11 Å². The van der Waals surface area contributed by atoms with E-state index < -0.39 is 0 Å². The first-order valence-corrected chi connectivity index (χ1v) is 5.40. The maximum Gasteiger partial charge on any atom is 0.116 e. The third kappa shape index (κ3) is 3.03. The van der Waals surface area contributed by atoms with Crippen LogP contribution in [0.5, 0.6) is 5.75 Å². The second-order valence-electron chi connectivity index (χ2n) is 3.60. The van der Waals surface area contributed by atoms with E-state index in [0.29, 0.717) is 0 Å². The molecule has 1 N–H and O–H groups in total. The van der Waals surface area contributed by atoms with E-state index in [-0.39, 0.29) is 5.75 Å². The lowest BCUT2D eigenvalue weighted by molar-refractivity contribution is 0.476. The molecule has 16 heavy (non-hydrogen) atoms. The van der Waals surface area contributed by atoms with Gasteiger partial charge in [0.25, 0.3) is 0 Å². The second kappa shape index (κ2) is 5.82. The molecule has 0 amide bonds. The molecule has 82 valence electrons. The molecule has 0 heterocycles. The van der Waals surface area contributed by atoms with Crippen molar-refractivity contribution in [2.24, 2.45) is 0 Å². The van der Waals surface area contributed by atoms with Crippen molar-refractivity contribution in [2.45, 2.75) is 20.3 Å². The van der Waals surface area contributed by atoms with Gasteiger partial charge >= 0.3 is 0 Å². The van der Waals surface area contributed by atoms with E-state index in [4.69, 9.17) is 6.42 Å². The van der Waals surface area contributed by atoms with Crippen LogP contribution in [0.15, 0.2) is 36.4 Å². The van der Waals surface area contributed by atoms with E-state index in [1.165, 1.54) is 6.42 Å². The normalized spacial score (nSPS) is 9.06. The number of aromatic hydroxyl groups is 1. The summed E-state index contributed by atoms with van der Waals surface area (Å²) in [6.45, 7) is 4.25. The first-order valence-electron chi connectivity index (χ1n) is 5.40. The van der Waals surface area contributed by atoms with Crippen LogP contribution in [0.2, 0.25) is 0 Å². The number of benzene rings is 2. The molecule has 0 aromatic heterocycles. The summed E-state index contributed by atoms with van der Waals surface area (Å²) in [5.41, 5.74) is 0.859. The van der Waals surface area contributed by atoms with Crippen molar-refractivity contribution in [1.29, 1.82) is 0 Å². The summed E-state index contributed by atoms with van der Waals surface area (Å²) in [5.74, 6) is 2.85. The van der Waals surface area contributed by atoms with Crippen molar-refractivity contribution in [2.75, 3.05) is 0 Å². The highest BCUT2D eigenvalue weighted by molar-refractivity contribution is 5.85. The van der Waals surface area contributed by atoms with Crippen LogP contribution < -0.4 is 0 Å². The Labute approximate surface area is 96.7 Å². The Hall–Kier alpha value is -1.94. The smallest absolute Gasteiger partial charge is 0.116 e. The van der Waals surface area contributed by atoms with Crippen LogP contribution in [0.1, 0.15) is 25.8 Å². The van der Waals surface area contributed by atoms with Gasteiger partial charge in [-0.1, -0.05) is 38.3 Å². The van der Waals surface area contributed by atoms with Crippen molar-refractivity contribution >= 4 is 10.8 Å². The Balaban J connectivity index is 0.000000386. The highest BCUT2D eigenvalue weighted by Gasteiger charge is 1.95. The number of fused-ring (bicyclic) bond motifs is 1. The van der Waals surface area contributed by atoms with Gasteiger partial charge in [0.05, 0.1) is 0 Å². The lowest BCUT2D eigenvalue weighted by Gasteiger charge is -1.98. The van der Waals surface area contributed by atoms with Crippen LogP contribution in [0.4, 0.5) is 0 Å². The van der Waals surface area contributed by atoms with Gasteiger partial charge in [-0.2, -0.15) is 0 Å². The first kappa shape index (κ1) is 12.1. The Bertz CT molecular complexity index is 506. The first-order chi connectivity index (χ1) is 7.71. The molecule has 0 fully saturated rings. The zero-order valence-electron chi connectivity index (χ0n) is 9.70. The lowest BCUT2D eigenvalue weighted by atomic mass is 10.1. The zero-order valence-corrected chi connectivity index (χ0v) is 9.70. The number of phenolic OH excluding ortho intramolecular Hbond substituents is 1. The minimum Gasteiger partial charge on any atom is -0.508 e. The molecule has 0 saturated heterocycles. The predicted molar refractivity (Wildman–Crippen MR) is 69.5 cm³/mol. The fourth-order valence-electron chi connectivity index (χ4n) is 1.32. The van der Waals surface area contributed by atoms with Gasteiger partial charge in [-0.3, -0.25) is 0 Å². The average Bonchev–Trinajstić information content (AvgIpc) is 2.29. The van der Waals surface area contributed by atoms with Crippen molar-refractivity contribution in [1.82, 2.24) is 0 Å². The van der Waals surface area contributed by atoms with Crippen molar-refractivity contribution in [3.8, 4) is 18.1 Å². The SMILES string of the molecule is C#Cc1ccc2cc(O)ccc2c1.CCC. The summed E-state index contributed by atoms with van der Waals surface area (Å²) < 4.78 is 0. The molecule has 0 bridgehead atoms. The van der Waals surface area contributed by atoms with Crippen LogP contribution in [0.3, 0.4) is 0 Å². The van der Waals surface area contributed by atoms with E-state index in [2.05, 4.69) is 19.8 Å². The van der Waals surface area contributed by atoms with Gasteiger partial charge in [0, 0.05) is 5.56 Å². The van der Waals surface area contributed by atoms with Crippen LogP contribution in [0, 0.1) is 12.3 Å². The van der Waals surface area contributed by atoms with E-state index >= 15 is 0 Å².